The first-order valence-corrected chi connectivity index (χ1v) is 6.21. The predicted octanol–water partition coefficient (Wildman–Crippen LogP) is 0.416. The van der Waals surface area contributed by atoms with Gasteiger partial charge in [-0.1, -0.05) is 0 Å². The zero-order chi connectivity index (χ0) is 12.4. The third kappa shape index (κ3) is 4.25. The van der Waals surface area contributed by atoms with Crippen molar-refractivity contribution >= 4 is 15.9 Å². The molecule has 1 aliphatic rings. The van der Waals surface area contributed by atoms with Crippen LogP contribution in [-0.2, 0) is 14.6 Å². The summed E-state index contributed by atoms with van der Waals surface area (Å²) in [5.74, 6) is -0.484. The SMILES string of the molecule is O=C(OCC(F)(F)F)N1CCS(=O)(=O)CC1. The molecule has 0 radical (unpaired) electrons. The molecule has 0 atom stereocenters. The Kier molecular flexibility index (Phi) is 3.66. The molecule has 0 unspecified atom stereocenters. The number of hydrogen-bond donors (Lipinski definition) is 0. The lowest BCUT2D eigenvalue weighted by molar-refractivity contribution is -0.162. The van der Waals surface area contributed by atoms with E-state index >= 15 is 0 Å². The van der Waals surface area contributed by atoms with Gasteiger partial charge in [0.1, 0.15) is 0 Å². The van der Waals surface area contributed by atoms with Crippen LogP contribution in [0.5, 0.6) is 0 Å². The minimum atomic E-state index is -4.57. The van der Waals surface area contributed by atoms with Gasteiger partial charge in [0.2, 0.25) is 0 Å². The number of halogens is 3. The van der Waals surface area contributed by atoms with Crippen molar-refractivity contribution in [2.75, 3.05) is 31.2 Å². The van der Waals surface area contributed by atoms with Gasteiger partial charge in [0.25, 0.3) is 0 Å². The highest BCUT2D eigenvalue weighted by atomic mass is 32.2. The highest BCUT2D eigenvalue weighted by Gasteiger charge is 2.32. The van der Waals surface area contributed by atoms with Crippen LogP contribution in [0.25, 0.3) is 0 Å². The zero-order valence-electron chi connectivity index (χ0n) is 8.16. The lowest BCUT2D eigenvalue weighted by Gasteiger charge is -2.25. The number of hydrogen-bond acceptors (Lipinski definition) is 4. The molecule has 1 fully saturated rings. The van der Waals surface area contributed by atoms with E-state index in [-0.39, 0.29) is 24.6 Å². The van der Waals surface area contributed by atoms with Crippen molar-refractivity contribution in [3.05, 3.63) is 0 Å². The fraction of sp³-hybridized carbons (Fsp3) is 0.857. The maximum Gasteiger partial charge on any atom is 0.422 e. The van der Waals surface area contributed by atoms with Crippen LogP contribution in [0.1, 0.15) is 0 Å². The highest BCUT2D eigenvalue weighted by Crippen LogP contribution is 2.15. The summed E-state index contributed by atoms with van der Waals surface area (Å²) in [5, 5.41) is 0. The summed E-state index contributed by atoms with van der Waals surface area (Å²) >= 11 is 0. The van der Waals surface area contributed by atoms with E-state index in [0.29, 0.717) is 0 Å². The van der Waals surface area contributed by atoms with Crippen molar-refractivity contribution in [3.8, 4) is 0 Å². The molecule has 0 aromatic carbocycles. The largest absolute Gasteiger partial charge is 0.440 e. The van der Waals surface area contributed by atoms with Gasteiger partial charge >= 0.3 is 12.3 Å². The Hall–Kier alpha value is -0.990. The summed E-state index contributed by atoms with van der Waals surface area (Å²) in [6.07, 6.45) is -5.70. The fourth-order valence-corrected chi connectivity index (χ4v) is 2.33. The average Bonchev–Trinajstić information content (AvgIpc) is 2.13. The van der Waals surface area contributed by atoms with Gasteiger partial charge in [-0.3, -0.25) is 0 Å². The van der Waals surface area contributed by atoms with Gasteiger partial charge in [0.15, 0.2) is 16.4 Å². The fourth-order valence-electron chi connectivity index (χ4n) is 1.13. The van der Waals surface area contributed by atoms with Gasteiger partial charge in [-0.25, -0.2) is 13.2 Å². The van der Waals surface area contributed by atoms with Crippen LogP contribution in [0.15, 0.2) is 0 Å². The maximum absolute atomic E-state index is 11.7. The molecule has 94 valence electrons. The third-order valence-corrected chi connectivity index (χ3v) is 3.57. The molecule has 0 N–H and O–H groups in total. The molecule has 0 aromatic heterocycles. The van der Waals surface area contributed by atoms with Crippen molar-refractivity contribution in [3.63, 3.8) is 0 Å². The number of rotatable bonds is 1. The first-order chi connectivity index (χ1) is 7.20. The summed E-state index contributed by atoms with van der Waals surface area (Å²) in [7, 11) is -3.16. The number of ether oxygens (including phenoxy) is 1. The Balaban J connectivity index is 2.40. The van der Waals surface area contributed by atoms with E-state index in [1.165, 1.54) is 0 Å². The lowest BCUT2D eigenvalue weighted by Crippen LogP contribution is -2.44. The zero-order valence-corrected chi connectivity index (χ0v) is 8.97. The molecule has 0 saturated carbocycles. The molecule has 0 bridgehead atoms. The summed E-state index contributed by atoms with van der Waals surface area (Å²) < 4.78 is 61.1. The number of alkyl halides is 3. The Morgan fingerprint density at radius 1 is 1.25 bits per heavy atom. The average molecular weight is 261 g/mol. The van der Waals surface area contributed by atoms with Crippen LogP contribution in [-0.4, -0.2) is 56.8 Å². The number of carbonyl (C=O) groups is 1. The van der Waals surface area contributed by atoms with Crippen molar-refractivity contribution in [1.29, 1.82) is 0 Å². The van der Waals surface area contributed by atoms with Crippen LogP contribution in [0.3, 0.4) is 0 Å². The van der Waals surface area contributed by atoms with E-state index in [2.05, 4.69) is 4.74 Å². The van der Waals surface area contributed by atoms with E-state index < -0.39 is 28.7 Å². The van der Waals surface area contributed by atoms with Gasteiger partial charge in [0.05, 0.1) is 11.5 Å². The minimum Gasteiger partial charge on any atom is -0.440 e. The van der Waals surface area contributed by atoms with Gasteiger partial charge in [-0.15, -0.1) is 0 Å². The van der Waals surface area contributed by atoms with Gasteiger partial charge in [-0.2, -0.15) is 13.2 Å². The lowest BCUT2D eigenvalue weighted by atomic mass is 10.5. The van der Waals surface area contributed by atoms with E-state index in [1.54, 1.807) is 0 Å². The standard InChI is InChI=1S/C7H10F3NO4S/c8-7(9,10)5-15-6(12)11-1-3-16(13,14)4-2-11/h1-5H2. The van der Waals surface area contributed by atoms with Crippen LogP contribution < -0.4 is 0 Å². The molecule has 0 spiro atoms. The van der Waals surface area contributed by atoms with E-state index in [4.69, 9.17) is 0 Å². The Labute approximate surface area is 90.1 Å². The van der Waals surface area contributed by atoms with Crippen molar-refractivity contribution in [2.45, 2.75) is 6.18 Å². The molecule has 1 aliphatic heterocycles. The van der Waals surface area contributed by atoms with Gasteiger partial charge < -0.3 is 9.64 Å². The normalized spacial score (nSPS) is 20.6. The van der Waals surface area contributed by atoms with Crippen molar-refractivity contribution < 1.29 is 31.1 Å². The summed E-state index contributed by atoms with van der Waals surface area (Å²) in [6.45, 7) is -1.91. The molecule has 9 heteroatoms. The Bertz CT molecular complexity index is 350. The molecule has 5 nitrogen and oxygen atoms in total. The Morgan fingerprint density at radius 2 is 1.75 bits per heavy atom. The molecule has 16 heavy (non-hydrogen) atoms. The first kappa shape index (κ1) is 13.1. The quantitative estimate of drug-likeness (QED) is 0.686. The topological polar surface area (TPSA) is 63.7 Å². The maximum atomic E-state index is 11.7. The third-order valence-electron chi connectivity index (χ3n) is 1.96. The smallest absolute Gasteiger partial charge is 0.422 e. The summed E-state index contributed by atoms with van der Waals surface area (Å²) in [6, 6.07) is 0. The number of sulfone groups is 1. The molecule has 1 heterocycles. The van der Waals surface area contributed by atoms with Crippen LogP contribution >= 0.6 is 0 Å². The molecule has 1 rings (SSSR count). The number of amides is 1. The van der Waals surface area contributed by atoms with Crippen molar-refractivity contribution in [1.82, 2.24) is 4.90 Å². The summed E-state index contributed by atoms with van der Waals surface area (Å²) in [5.41, 5.74) is 0. The molecule has 1 saturated heterocycles. The minimum absolute atomic E-state index is 0.126. The van der Waals surface area contributed by atoms with Crippen LogP contribution in [0, 0.1) is 0 Å². The number of carbonyl (C=O) groups excluding carboxylic acids is 1. The summed E-state index contributed by atoms with van der Waals surface area (Å²) in [4.78, 5) is 12.0. The van der Waals surface area contributed by atoms with Crippen LogP contribution in [0.4, 0.5) is 18.0 Å². The second kappa shape index (κ2) is 4.48. The predicted molar refractivity (Wildman–Crippen MR) is 47.6 cm³/mol. The second-order valence-corrected chi connectivity index (χ2v) is 5.61. The van der Waals surface area contributed by atoms with Crippen LogP contribution in [0.2, 0.25) is 0 Å². The van der Waals surface area contributed by atoms with Crippen molar-refractivity contribution in [2.24, 2.45) is 0 Å². The van der Waals surface area contributed by atoms with Gasteiger partial charge in [-0.05, 0) is 0 Å². The van der Waals surface area contributed by atoms with E-state index in [9.17, 15) is 26.4 Å². The van der Waals surface area contributed by atoms with E-state index in [0.717, 1.165) is 4.90 Å². The number of nitrogens with zero attached hydrogens (tertiary/aromatic N) is 1. The molecule has 1 amide bonds. The Morgan fingerprint density at radius 3 is 2.19 bits per heavy atom. The highest BCUT2D eigenvalue weighted by molar-refractivity contribution is 7.91. The first-order valence-electron chi connectivity index (χ1n) is 4.38. The molecular weight excluding hydrogens is 251 g/mol. The van der Waals surface area contributed by atoms with E-state index in [1.807, 2.05) is 0 Å². The monoisotopic (exact) mass is 261 g/mol. The molecule has 0 aliphatic carbocycles. The second-order valence-electron chi connectivity index (χ2n) is 3.31. The van der Waals surface area contributed by atoms with Gasteiger partial charge in [0, 0.05) is 13.1 Å². The molecular formula is C7H10F3NO4S. The molecule has 0 aromatic rings.